The van der Waals surface area contributed by atoms with Crippen molar-refractivity contribution < 1.29 is 70.0 Å². The average Bonchev–Trinajstić information content (AvgIpc) is 2.93. The van der Waals surface area contributed by atoms with Crippen LogP contribution in [0, 0.1) is 0 Å². The Morgan fingerprint density at radius 2 is 0.918 bits per heavy atom. The first-order valence-corrected chi connectivity index (χ1v) is 19.3. The lowest BCUT2D eigenvalue weighted by molar-refractivity contribution is 0.471. The molecule has 0 fully saturated rings. The Balaban J connectivity index is 2.07. The number of nitrogens with two attached hydrogens (primary N) is 2. The molecule has 0 heterocycles. The normalized spacial score (nSPS) is 13.5. The minimum Gasteiger partial charge on any atom is -0.505 e. The van der Waals surface area contributed by atoms with E-state index >= 15 is 0 Å². The smallest absolute Gasteiger partial charge is 0.296 e. The second-order valence-electron chi connectivity index (χ2n) is 9.44. The number of anilines is 2. The molecule has 0 spiro atoms. The van der Waals surface area contributed by atoms with Crippen LogP contribution in [0.1, 0.15) is 0 Å². The summed E-state index contributed by atoms with van der Waals surface area (Å²) in [6.07, 6.45) is 0. The Labute approximate surface area is 275 Å². The fraction of sp³-hybridized carbons (Fsp3) is 0. The Morgan fingerprint density at radius 1 is 0.490 bits per heavy atom. The maximum Gasteiger partial charge on any atom is 0.296 e. The third-order valence-electron chi connectivity index (χ3n) is 6.15. The topological polar surface area (TPSA) is 394 Å². The molecule has 0 radical (unpaired) electrons. The summed E-state index contributed by atoms with van der Waals surface area (Å²) in [5, 5.41) is 23.7. The van der Waals surface area contributed by atoms with Crippen LogP contribution in [0.2, 0.25) is 0 Å². The zero-order valence-corrected chi connectivity index (χ0v) is 27.5. The summed E-state index contributed by atoms with van der Waals surface area (Å²) in [6.45, 7) is 0. The second kappa shape index (κ2) is 12.3. The molecule has 0 aliphatic carbocycles. The lowest BCUT2D eigenvalue weighted by atomic mass is 10.1. The van der Waals surface area contributed by atoms with Gasteiger partial charge in [-0.05, 0) is 53.9 Å². The lowest BCUT2D eigenvalue weighted by Crippen LogP contribution is -2.04. The largest absolute Gasteiger partial charge is 0.505 e. The number of rotatable bonds is 9. The molecular weight excluding hydrogens is 765 g/mol. The van der Waals surface area contributed by atoms with Crippen LogP contribution in [-0.2, 0) is 50.6 Å². The Morgan fingerprint density at radius 3 is 1.39 bits per heavy atom. The zero-order chi connectivity index (χ0) is 37.1. The Bertz CT molecular complexity index is 2710. The molecule has 4 aromatic carbocycles. The summed E-state index contributed by atoms with van der Waals surface area (Å²) in [5.74, 6) is -1.32. The number of benzene rings is 4. The Kier molecular flexibility index (Phi) is 9.33. The van der Waals surface area contributed by atoms with Crippen molar-refractivity contribution in [3.05, 3.63) is 48.5 Å². The summed E-state index contributed by atoms with van der Waals surface area (Å²) in [6, 6.07) is 5.23. The molecule has 0 atom stereocenters. The van der Waals surface area contributed by atoms with E-state index in [0.29, 0.717) is 24.3 Å². The van der Waals surface area contributed by atoms with E-state index in [1.807, 2.05) is 0 Å². The standard InChI is InChI=1S/C22H18N6O16S5/c23-10-1-3-12(14(7-10)46(33,34)35)25-27-20-16(48(39,40)41)5-9-6-17(49(42,43)44)21(22(29)18(9)19(20)24)28-26-13-4-2-11(45(30,31)32)8-15(13)47(36,37)38/h1-8,29H,23-24H2,(H,30,31,32)(H,33,34,35)(H,36,37,38)(H,39,40,41)(H,42,43,44). The maximum atomic E-state index is 12.3. The summed E-state index contributed by atoms with van der Waals surface area (Å²) < 4.78 is 167. The van der Waals surface area contributed by atoms with E-state index < -0.39 is 120 Å². The van der Waals surface area contributed by atoms with Crippen molar-refractivity contribution in [3.8, 4) is 5.75 Å². The molecule has 0 bridgehead atoms. The molecule has 49 heavy (non-hydrogen) atoms. The summed E-state index contributed by atoms with van der Waals surface area (Å²) >= 11 is 0. The number of hydrogen-bond donors (Lipinski definition) is 8. The average molecular weight is 783 g/mol. The monoisotopic (exact) mass is 782 g/mol. The van der Waals surface area contributed by atoms with Gasteiger partial charge in [0, 0.05) is 5.69 Å². The molecule has 0 aromatic heterocycles. The van der Waals surface area contributed by atoms with Crippen LogP contribution in [0.25, 0.3) is 10.8 Å². The number of azo groups is 2. The molecule has 27 heteroatoms. The van der Waals surface area contributed by atoms with Crippen LogP contribution < -0.4 is 11.5 Å². The lowest BCUT2D eigenvalue weighted by Gasteiger charge is -2.14. The number of fused-ring (bicyclic) bond motifs is 1. The summed E-state index contributed by atoms with van der Waals surface area (Å²) in [7, 11) is -26.1. The molecule has 4 rings (SSSR count). The van der Waals surface area contributed by atoms with Crippen LogP contribution in [0.5, 0.6) is 5.75 Å². The van der Waals surface area contributed by atoms with Gasteiger partial charge in [-0.3, -0.25) is 22.8 Å². The predicted molar refractivity (Wildman–Crippen MR) is 165 cm³/mol. The first-order valence-electron chi connectivity index (χ1n) is 12.1. The van der Waals surface area contributed by atoms with Crippen molar-refractivity contribution in [3.63, 3.8) is 0 Å². The van der Waals surface area contributed by atoms with E-state index in [-0.39, 0.29) is 11.8 Å². The third-order valence-corrected chi connectivity index (χ3v) is 10.5. The number of aromatic hydroxyl groups is 1. The van der Waals surface area contributed by atoms with E-state index in [9.17, 15) is 70.0 Å². The fourth-order valence-corrected chi connectivity index (χ4v) is 7.29. The molecular formula is C22H18N6O16S5. The van der Waals surface area contributed by atoms with Gasteiger partial charge >= 0.3 is 0 Å². The van der Waals surface area contributed by atoms with Gasteiger partial charge in [-0.25, -0.2) is 0 Å². The molecule has 0 unspecified atom stereocenters. The Hall–Kier alpha value is -4.71. The third kappa shape index (κ3) is 7.80. The molecule has 262 valence electrons. The second-order valence-corrected chi connectivity index (χ2v) is 16.4. The van der Waals surface area contributed by atoms with Gasteiger partial charge in [0.25, 0.3) is 50.6 Å². The van der Waals surface area contributed by atoms with Gasteiger partial charge in [0.1, 0.15) is 42.3 Å². The molecule has 0 aliphatic rings. The highest BCUT2D eigenvalue weighted by atomic mass is 32.2. The highest BCUT2D eigenvalue weighted by Crippen LogP contribution is 2.48. The number of nitrogen functional groups attached to an aromatic ring is 2. The molecule has 4 aromatic rings. The van der Waals surface area contributed by atoms with E-state index in [4.69, 9.17) is 11.5 Å². The van der Waals surface area contributed by atoms with Crippen LogP contribution >= 0.6 is 0 Å². The fourth-order valence-electron chi connectivity index (χ4n) is 4.08. The van der Waals surface area contributed by atoms with Gasteiger partial charge in [0.15, 0.2) is 5.75 Å². The number of nitrogens with zero attached hydrogens (tertiary/aromatic N) is 4. The van der Waals surface area contributed by atoms with Crippen LogP contribution in [0.15, 0.2) is 93.5 Å². The van der Waals surface area contributed by atoms with Crippen molar-refractivity contribution in [2.75, 3.05) is 11.5 Å². The van der Waals surface area contributed by atoms with Gasteiger partial charge in [0.2, 0.25) is 0 Å². The summed E-state index contributed by atoms with van der Waals surface area (Å²) in [4.78, 5) is -5.73. The predicted octanol–water partition coefficient (Wildman–Crippen LogP) is 2.77. The molecule has 0 saturated carbocycles. The van der Waals surface area contributed by atoms with E-state index in [0.717, 1.165) is 18.2 Å². The highest BCUT2D eigenvalue weighted by Gasteiger charge is 2.29. The minimum absolute atomic E-state index is 0.158. The quantitative estimate of drug-likeness (QED) is 0.0687. The minimum atomic E-state index is -5.44. The molecule has 0 aliphatic heterocycles. The summed E-state index contributed by atoms with van der Waals surface area (Å²) in [5.41, 5.74) is 6.76. The van der Waals surface area contributed by atoms with Gasteiger partial charge in [0.05, 0.1) is 16.0 Å². The van der Waals surface area contributed by atoms with Crippen molar-refractivity contribution >= 4 is 95.5 Å². The zero-order valence-electron chi connectivity index (χ0n) is 23.4. The maximum absolute atomic E-state index is 12.3. The van der Waals surface area contributed by atoms with Crippen LogP contribution in [-0.4, -0.2) is 70.0 Å². The van der Waals surface area contributed by atoms with E-state index in [2.05, 4.69) is 20.5 Å². The van der Waals surface area contributed by atoms with E-state index in [1.54, 1.807) is 0 Å². The van der Waals surface area contributed by atoms with Crippen LogP contribution in [0.4, 0.5) is 34.1 Å². The first-order chi connectivity index (χ1) is 22.2. The number of phenols is 1. The number of hydrogen-bond acceptors (Lipinski definition) is 17. The van der Waals surface area contributed by atoms with Crippen molar-refractivity contribution in [2.24, 2.45) is 20.5 Å². The van der Waals surface area contributed by atoms with Gasteiger partial charge in [-0.15, -0.1) is 20.5 Å². The molecule has 0 amide bonds. The van der Waals surface area contributed by atoms with Gasteiger partial charge in [-0.2, -0.15) is 42.1 Å². The van der Waals surface area contributed by atoms with Gasteiger partial charge < -0.3 is 16.6 Å². The SMILES string of the molecule is Nc1ccc(N=Nc2c(S(=O)(=O)O)cc3cc(S(=O)(=O)O)c(N=Nc4ccc(S(=O)(=O)O)cc4S(=O)(=O)O)c(O)c3c2N)c(S(=O)(=O)O)c1. The van der Waals surface area contributed by atoms with Crippen molar-refractivity contribution in [1.82, 2.24) is 0 Å². The van der Waals surface area contributed by atoms with Gasteiger partial charge in [-0.1, -0.05) is 0 Å². The highest BCUT2D eigenvalue weighted by molar-refractivity contribution is 7.87. The van der Waals surface area contributed by atoms with Crippen molar-refractivity contribution in [1.29, 1.82) is 0 Å². The molecule has 22 nitrogen and oxygen atoms in total. The van der Waals surface area contributed by atoms with Crippen molar-refractivity contribution in [2.45, 2.75) is 24.5 Å². The van der Waals surface area contributed by atoms with Crippen LogP contribution in [0.3, 0.4) is 0 Å². The number of phenolic OH excluding ortho intramolecular Hbond substituents is 1. The van der Waals surface area contributed by atoms with E-state index in [1.165, 1.54) is 0 Å². The molecule has 0 saturated heterocycles. The molecule has 10 N–H and O–H groups in total. The first kappa shape index (κ1) is 37.1.